The number of thioether (sulfide) groups is 1. The quantitative estimate of drug-likeness (QED) is 0.530. The van der Waals surface area contributed by atoms with Crippen molar-refractivity contribution in [1.82, 2.24) is 9.88 Å². The highest BCUT2D eigenvalue weighted by molar-refractivity contribution is 7.98. The molecular formula is C18H18N2O3S2. The summed E-state index contributed by atoms with van der Waals surface area (Å²) in [5.74, 6) is -0.589. The van der Waals surface area contributed by atoms with Gasteiger partial charge in [-0.3, -0.25) is 4.79 Å². The Kier molecular flexibility index (Phi) is 5.45. The van der Waals surface area contributed by atoms with Gasteiger partial charge in [0.2, 0.25) is 5.91 Å². The summed E-state index contributed by atoms with van der Waals surface area (Å²) >= 11 is 3.18. The zero-order valence-corrected chi connectivity index (χ0v) is 15.6. The molecule has 0 saturated heterocycles. The van der Waals surface area contributed by atoms with E-state index in [1.54, 1.807) is 22.4 Å². The Hall–Kier alpha value is -2.25. The molecule has 0 unspecified atom stereocenters. The van der Waals surface area contributed by atoms with Crippen molar-refractivity contribution in [3.63, 3.8) is 0 Å². The molecule has 25 heavy (non-hydrogen) atoms. The third kappa shape index (κ3) is 3.88. The van der Waals surface area contributed by atoms with Crippen LogP contribution in [0.3, 0.4) is 0 Å². The minimum absolute atomic E-state index is 0.0807. The molecule has 3 rings (SSSR count). The van der Waals surface area contributed by atoms with Crippen molar-refractivity contribution in [2.24, 2.45) is 0 Å². The maximum absolute atomic E-state index is 12.4. The van der Waals surface area contributed by atoms with Crippen molar-refractivity contribution in [3.8, 4) is 0 Å². The zero-order chi connectivity index (χ0) is 17.8. The van der Waals surface area contributed by atoms with Gasteiger partial charge in [-0.15, -0.1) is 23.1 Å². The van der Waals surface area contributed by atoms with Crippen LogP contribution >= 0.6 is 23.1 Å². The molecule has 0 fully saturated rings. The molecule has 7 heteroatoms. The highest BCUT2D eigenvalue weighted by atomic mass is 32.2. The van der Waals surface area contributed by atoms with Gasteiger partial charge in [-0.05, 0) is 41.5 Å². The van der Waals surface area contributed by atoms with E-state index >= 15 is 0 Å². The van der Waals surface area contributed by atoms with E-state index < -0.39 is 5.97 Å². The van der Waals surface area contributed by atoms with Crippen LogP contribution in [0.2, 0.25) is 0 Å². The van der Waals surface area contributed by atoms with Crippen LogP contribution in [0.25, 0.3) is 10.2 Å². The third-order valence-corrected chi connectivity index (χ3v) is 5.54. The molecular weight excluding hydrogens is 356 g/mol. The maximum atomic E-state index is 12.4. The Morgan fingerprint density at radius 3 is 2.68 bits per heavy atom. The van der Waals surface area contributed by atoms with E-state index in [2.05, 4.69) is 5.32 Å². The number of fused-ring (bicyclic) bond motifs is 1. The Labute approximate surface area is 154 Å². The van der Waals surface area contributed by atoms with Crippen LogP contribution in [-0.2, 0) is 22.6 Å². The first-order chi connectivity index (χ1) is 12.1. The van der Waals surface area contributed by atoms with Crippen molar-refractivity contribution >= 4 is 45.2 Å². The molecule has 2 aromatic heterocycles. The minimum atomic E-state index is -0.441. The number of rotatable bonds is 6. The SMILES string of the molecule is COC(=O)c1cc2ccsc2n1CC(=O)NCc1ccc(SC)cc1. The smallest absolute Gasteiger partial charge is 0.354 e. The highest BCUT2D eigenvalue weighted by Gasteiger charge is 2.18. The number of carbonyl (C=O) groups excluding carboxylic acids is 2. The van der Waals surface area contributed by atoms with Gasteiger partial charge in [0.15, 0.2) is 0 Å². The summed E-state index contributed by atoms with van der Waals surface area (Å²) in [4.78, 5) is 26.4. The normalized spacial score (nSPS) is 10.8. The largest absolute Gasteiger partial charge is 0.464 e. The number of hydrogen-bond acceptors (Lipinski definition) is 5. The molecule has 3 aromatic rings. The number of methoxy groups -OCH3 is 1. The fourth-order valence-corrected chi connectivity index (χ4v) is 3.85. The van der Waals surface area contributed by atoms with Gasteiger partial charge in [-0.2, -0.15) is 0 Å². The van der Waals surface area contributed by atoms with Crippen LogP contribution < -0.4 is 5.32 Å². The van der Waals surface area contributed by atoms with Crippen LogP contribution in [0.4, 0.5) is 0 Å². The predicted octanol–water partition coefficient (Wildman–Crippen LogP) is 3.53. The van der Waals surface area contributed by atoms with Crippen molar-refractivity contribution in [2.75, 3.05) is 13.4 Å². The number of benzene rings is 1. The molecule has 2 heterocycles. The van der Waals surface area contributed by atoms with Crippen LogP contribution in [0, 0.1) is 0 Å². The van der Waals surface area contributed by atoms with Gasteiger partial charge in [0.1, 0.15) is 17.1 Å². The number of nitrogens with one attached hydrogen (secondary N) is 1. The number of carbonyl (C=O) groups is 2. The topological polar surface area (TPSA) is 60.3 Å². The molecule has 1 N–H and O–H groups in total. The summed E-state index contributed by atoms with van der Waals surface area (Å²) < 4.78 is 6.53. The predicted molar refractivity (Wildman–Crippen MR) is 101 cm³/mol. The molecule has 130 valence electrons. The van der Waals surface area contributed by atoms with Crippen LogP contribution in [-0.4, -0.2) is 29.8 Å². The van der Waals surface area contributed by atoms with Crippen molar-refractivity contribution in [1.29, 1.82) is 0 Å². The van der Waals surface area contributed by atoms with Gasteiger partial charge in [-0.1, -0.05) is 12.1 Å². The lowest BCUT2D eigenvalue weighted by atomic mass is 10.2. The van der Waals surface area contributed by atoms with E-state index in [9.17, 15) is 9.59 Å². The van der Waals surface area contributed by atoms with Crippen LogP contribution in [0.15, 0.2) is 46.7 Å². The summed E-state index contributed by atoms with van der Waals surface area (Å²) in [6.45, 7) is 0.535. The van der Waals surface area contributed by atoms with E-state index in [4.69, 9.17) is 4.74 Å². The Bertz CT molecular complexity index is 897. The molecule has 0 radical (unpaired) electrons. The second-order valence-corrected chi connectivity index (χ2v) is 7.19. The molecule has 5 nitrogen and oxygen atoms in total. The average molecular weight is 374 g/mol. The average Bonchev–Trinajstić information content (AvgIpc) is 3.22. The molecule has 1 amide bonds. The number of hydrogen-bond donors (Lipinski definition) is 1. The highest BCUT2D eigenvalue weighted by Crippen LogP contribution is 2.25. The lowest BCUT2D eigenvalue weighted by Gasteiger charge is -2.10. The van der Waals surface area contributed by atoms with Gasteiger partial charge in [0.05, 0.1) is 7.11 Å². The molecule has 0 bridgehead atoms. The molecule has 0 aliphatic carbocycles. The van der Waals surface area contributed by atoms with Crippen molar-refractivity contribution < 1.29 is 14.3 Å². The summed E-state index contributed by atoms with van der Waals surface area (Å²) in [7, 11) is 1.34. The number of aromatic nitrogens is 1. The second kappa shape index (κ2) is 7.76. The number of thiophene rings is 1. The third-order valence-electron chi connectivity index (χ3n) is 3.85. The molecule has 0 atom stereocenters. The second-order valence-electron chi connectivity index (χ2n) is 5.41. The lowest BCUT2D eigenvalue weighted by molar-refractivity contribution is -0.121. The van der Waals surface area contributed by atoms with Gasteiger partial charge in [-0.25, -0.2) is 4.79 Å². The summed E-state index contributed by atoms with van der Waals surface area (Å²) in [6, 6.07) is 11.7. The van der Waals surface area contributed by atoms with Gasteiger partial charge < -0.3 is 14.6 Å². The van der Waals surface area contributed by atoms with Crippen LogP contribution in [0.5, 0.6) is 0 Å². The van der Waals surface area contributed by atoms with Crippen molar-refractivity contribution in [2.45, 2.75) is 18.0 Å². The van der Waals surface area contributed by atoms with E-state index in [1.165, 1.54) is 23.3 Å². The first-order valence-corrected chi connectivity index (χ1v) is 9.77. The molecule has 0 aliphatic rings. The van der Waals surface area contributed by atoms with E-state index in [0.29, 0.717) is 12.2 Å². The van der Waals surface area contributed by atoms with Crippen LogP contribution in [0.1, 0.15) is 16.1 Å². The molecule has 1 aromatic carbocycles. The maximum Gasteiger partial charge on any atom is 0.354 e. The monoisotopic (exact) mass is 374 g/mol. The summed E-state index contributed by atoms with van der Waals surface area (Å²) in [5, 5.41) is 5.78. The van der Waals surface area contributed by atoms with Gasteiger partial charge in [0.25, 0.3) is 0 Å². The number of ether oxygens (including phenoxy) is 1. The Balaban J connectivity index is 1.70. The first-order valence-electron chi connectivity index (χ1n) is 7.67. The standard InChI is InChI=1S/C18H18N2O3S2/c1-23-18(22)15-9-13-7-8-25-17(13)20(15)11-16(21)19-10-12-3-5-14(24-2)6-4-12/h3-9H,10-11H2,1-2H3,(H,19,21). The van der Waals surface area contributed by atoms with E-state index in [0.717, 1.165) is 15.8 Å². The summed E-state index contributed by atoms with van der Waals surface area (Å²) in [6.07, 6.45) is 2.03. The molecule has 0 aliphatic heterocycles. The minimum Gasteiger partial charge on any atom is -0.464 e. The molecule has 0 spiro atoms. The van der Waals surface area contributed by atoms with E-state index in [-0.39, 0.29) is 12.5 Å². The number of amides is 1. The summed E-state index contributed by atoms with van der Waals surface area (Å²) in [5.41, 5.74) is 1.43. The first kappa shape index (κ1) is 17.6. The molecule has 0 saturated carbocycles. The lowest BCUT2D eigenvalue weighted by Crippen LogP contribution is -2.28. The zero-order valence-electron chi connectivity index (χ0n) is 13.9. The van der Waals surface area contributed by atoms with Crippen molar-refractivity contribution in [3.05, 3.63) is 53.0 Å². The fraction of sp³-hybridized carbons (Fsp3) is 0.222. The van der Waals surface area contributed by atoms with Gasteiger partial charge in [0, 0.05) is 16.8 Å². The number of nitrogens with zero attached hydrogens (tertiary/aromatic N) is 1. The Morgan fingerprint density at radius 1 is 1.24 bits per heavy atom. The number of esters is 1. The van der Waals surface area contributed by atoms with Gasteiger partial charge >= 0.3 is 5.97 Å². The van der Waals surface area contributed by atoms with E-state index in [1.807, 2.05) is 42.0 Å². The fourth-order valence-electron chi connectivity index (χ4n) is 2.55. The Morgan fingerprint density at radius 2 is 2.00 bits per heavy atom.